The maximum absolute atomic E-state index is 11.6. The van der Waals surface area contributed by atoms with Crippen LogP contribution in [0.25, 0.3) is 0 Å². The van der Waals surface area contributed by atoms with Crippen LogP contribution in [0.2, 0.25) is 0 Å². The second kappa shape index (κ2) is 4.14. The topological polar surface area (TPSA) is 46.2 Å². The summed E-state index contributed by atoms with van der Waals surface area (Å²) in [6.45, 7) is 0. The third-order valence-corrected chi connectivity index (χ3v) is 3.05. The molecule has 0 fully saturated rings. The van der Waals surface area contributed by atoms with Crippen LogP contribution in [-0.4, -0.2) is 17.0 Å². The van der Waals surface area contributed by atoms with E-state index in [1.807, 2.05) is 24.3 Å². The maximum atomic E-state index is 11.6. The van der Waals surface area contributed by atoms with Crippen LogP contribution in [0.1, 0.15) is 6.42 Å². The van der Waals surface area contributed by atoms with Crippen LogP contribution < -0.4 is 5.32 Å². The molecule has 1 N–H and O–H groups in total. The average Bonchev–Trinajstić information content (AvgIpc) is 2.40. The minimum atomic E-state index is -0.629. The third kappa shape index (κ3) is 1.81. The Kier molecular flexibility index (Phi) is 2.86. The molecule has 1 aliphatic heterocycles. The average molecular weight is 268 g/mol. The minimum Gasteiger partial charge on any atom is -0.328 e. The molecule has 4 heteroatoms. The number of amides is 1. The standard InChI is InChI=1S/C11H10BrNO2/c12-6-9(14)10-7-4-2-1-3-5-8(7)13-11(10)15/h1-4,10H,5-6H2,(H,13,15). The largest absolute Gasteiger partial charge is 0.328 e. The van der Waals surface area contributed by atoms with Crippen molar-refractivity contribution in [1.29, 1.82) is 0 Å². The van der Waals surface area contributed by atoms with E-state index in [9.17, 15) is 9.59 Å². The van der Waals surface area contributed by atoms with Gasteiger partial charge in [0.1, 0.15) is 5.92 Å². The lowest BCUT2D eigenvalue weighted by Gasteiger charge is -2.05. The molecule has 78 valence electrons. The summed E-state index contributed by atoms with van der Waals surface area (Å²) in [6, 6.07) is 0. The van der Waals surface area contributed by atoms with Gasteiger partial charge in [0, 0.05) is 12.1 Å². The number of alkyl halides is 1. The molecule has 2 rings (SSSR count). The normalized spacial score (nSPS) is 23.8. The molecule has 0 saturated heterocycles. The Labute approximate surface area is 96.0 Å². The van der Waals surface area contributed by atoms with Gasteiger partial charge in [-0.25, -0.2) is 0 Å². The van der Waals surface area contributed by atoms with Crippen molar-refractivity contribution < 1.29 is 9.59 Å². The lowest BCUT2D eigenvalue weighted by atomic mass is 9.96. The summed E-state index contributed by atoms with van der Waals surface area (Å²) in [5, 5.41) is 2.97. The fraction of sp³-hybridized carbons (Fsp3) is 0.273. The summed E-state index contributed by atoms with van der Waals surface area (Å²) in [6.07, 6.45) is 8.25. The van der Waals surface area contributed by atoms with Crippen LogP contribution in [0.4, 0.5) is 0 Å². The molecular weight excluding hydrogens is 258 g/mol. The van der Waals surface area contributed by atoms with Crippen LogP contribution in [0.3, 0.4) is 0 Å². The van der Waals surface area contributed by atoms with Crippen molar-refractivity contribution in [1.82, 2.24) is 5.32 Å². The van der Waals surface area contributed by atoms with E-state index in [1.54, 1.807) is 0 Å². The molecule has 0 spiro atoms. The Balaban J connectivity index is 2.35. The minimum absolute atomic E-state index is 0.0935. The number of ketones is 1. The smallest absolute Gasteiger partial charge is 0.239 e. The first-order valence-corrected chi connectivity index (χ1v) is 5.82. The highest BCUT2D eigenvalue weighted by Crippen LogP contribution is 2.28. The first-order chi connectivity index (χ1) is 7.24. The van der Waals surface area contributed by atoms with Crippen LogP contribution in [-0.2, 0) is 9.59 Å². The molecule has 1 unspecified atom stereocenters. The fourth-order valence-electron chi connectivity index (χ4n) is 1.79. The zero-order valence-electron chi connectivity index (χ0n) is 8.00. The van der Waals surface area contributed by atoms with Crippen molar-refractivity contribution in [3.8, 4) is 0 Å². The molecule has 1 aliphatic carbocycles. The van der Waals surface area contributed by atoms with E-state index in [1.165, 1.54) is 0 Å². The van der Waals surface area contributed by atoms with Gasteiger partial charge in [-0.15, -0.1) is 0 Å². The summed E-state index contributed by atoms with van der Waals surface area (Å²) < 4.78 is 0. The van der Waals surface area contributed by atoms with Crippen LogP contribution in [0.5, 0.6) is 0 Å². The van der Waals surface area contributed by atoms with Gasteiger partial charge in [-0.2, -0.15) is 0 Å². The number of hydrogen-bond acceptors (Lipinski definition) is 2. The van der Waals surface area contributed by atoms with Crippen molar-refractivity contribution in [2.45, 2.75) is 6.42 Å². The number of halogens is 1. The zero-order chi connectivity index (χ0) is 10.8. The highest BCUT2D eigenvalue weighted by atomic mass is 79.9. The van der Waals surface area contributed by atoms with Crippen molar-refractivity contribution in [2.75, 3.05) is 5.33 Å². The van der Waals surface area contributed by atoms with E-state index in [-0.39, 0.29) is 17.0 Å². The molecule has 15 heavy (non-hydrogen) atoms. The van der Waals surface area contributed by atoms with E-state index < -0.39 is 5.92 Å². The second-order valence-electron chi connectivity index (χ2n) is 3.45. The molecule has 0 bridgehead atoms. The van der Waals surface area contributed by atoms with Crippen LogP contribution in [0, 0.1) is 5.92 Å². The number of Topliss-reactive ketones (excluding diaryl/α,β-unsaturated/α-hetero) is 1. The molecular formula is C11H10BrNO2. The van der Waals surface area contributed by atoms with Crippen LogP contribution >= 0.6 is 15.9 Å². The van der Waals surface area contributed by atoms with E-state index >= 15 is 0 Å². The van der Waals surface area contributed by atoms with Crippen molar-refractivity contribution in [3.05, 3.63) is 35.6 Å². The van der Waals surface area contributed by atoms with Gasteiger partial charge in [0.25, 0.3) is 0 Å². The SMILES string of the molecule is O=C(CBr)C1C(=O)NC2=C1C=CC=CC2. The zero-order valence-corrected chi connectivity index (χ0v) is 9.58. The summed E-state index contributed by atoms with van der Waals surface area (Å²) in [5.41, 5.74) is 1.67. The van der Waals surface area contributed by atoms with Gasteiger partial charge in [-0.1, -0.05) is 40.2 Å². The molecule has 0 saturated carbocycles. The molecule has 1 atom stereocenters. The predicted molar refractivity (Wildman–Crippen MR) is 60.4 cm³/mol. The highest BCUT2D eigenvalue weighted by molar-refractivity contribution is 9.09. The van der Waals surface area contributed by atoms with Crippen molar-refractivity contribution in [3.63, 3.8) is 0 Å². The molecule has 3 nitrogen and oxygen atoms in total. The van der Waals surface area contributed by atoms with Gasteiger partial charge in [-0.05, 0) is 5.57 Å². The fourth-order valence-corrected chi connectivity index (χ4v) is 2.12. The highest BCUT2D eigenvalue weighted by Gasteiger charge is 2.36. The molecule has 0 aromatic carbocycles. The quantitative estimate of drug-likeness (QED) is 0.609. The number of allylic oxidation sites excluding steroid dienone is 4. The van der Waals surface area contributed by atoms with Crippen molar-refractivity contribution >= 4 is 27.6 Å². The summed E-state index contributed by atoms with van der Waals surface area (Å²) >= 11 is 3.10. The summed E-state index contributed by atoms with van der Waals surface area (Å²) in [7, 11) is 0. The Morgan fingerprint density at radius 1 is 1.53 bits per heavy atom. The maximum Gasteiger partial charge on any atom is 0.239 e. The van der Waals surface area contributed by atoms with E-state index in [4.69, 9.17) is 0 Å². The van der Waals surface area contributed by atoms with Crippen LogP contribution in [0.15, 0.2) is 35.6 Å². The van der Waals surface area contributed by atoms with Gasteiger partial charge < -0.3 is 5.32 Å². The van der Waals surface area contributed by atoms with Gasteiger partial charge >= 0.3 is 0 Å². The lowest BCUT2D eigenvalue weighted by molar-refractivity contribution is -0.129. The monoisotopic (exact) mass is 267 g/mol. The van der Waals surface area contributed by atoms with Crippen molar-refractivity contribution in [2.24, 2.45) is 5.92 Å². The Bertz CT molecular complexity index is 407. The molecule has 0 aromatic heterocycles. The molecule has 2 aliphatic rings. The number of carbonyl (C=O) groups excluding carboxylic acids is 2. The Hall–Kier alpha value is -1.16. The first-order valence-electron chi connectivity index (χ1n) is 4.70. The van der Waals surface area contributed by atoms with E-state index in [0.717, 1.165) is 11.3 Å². The molecule has 1 amide bonds. The number of rotatable bonds is 2. The number of nitrogens with one attached hydrogen (secondary N) is 1. The Morgan fingerprint density at radius 3 is 3.07 bits per heavy atom. The Morgan fingerprint density at radius 2 is 2.33 bits per heavy atom. The van der Waals surface area contributed by atoms with Gasteiger partial charge in [0.05, 0.1) is 5.33 Å². The predicted octanol–water partition coefficient (Wildman–Crippen LogP) is 1.47. The molecule has 0 aromatic rings. The van der Waals surface area contributed by atoms with Gasteiger partial charge in [0.15, 0.2) is 5.78 Å². The van der Waals surface area contributed by atoms with E-state index in [0.29, 0.717) is 6.42 Å². The number of hydrogen-bond donors (Lipinski definition) is 1. The molecule has 0 radical (unpaired) electrons. The lowest BCUT2D eigenvalue weighted by Crippen LogP contribution is -2.28. The van der Waals surface area contributed by atoms with Gasteiger partial charge in [0.2, 0.25) is 5.91 Å². The third-order valence-electron chi connectivity index (χ3n) is 2.49. The van der Waals surface area contributed by atoms with E-state index in [2.05, 4.69) is 21.2 Å². The first kappa shape index (κ1) is 10.4. The second-order valence-corrected chi connectivity index (χ2v) is 4.01. The van der Waals surface area contributed by atoms with Gasteiger partial charge in [-0.3, -0.25) is 9.59 Å². The number of carbonyl (C=O) groups is 2. The summed E-state index contributed by atoms with van der Waals surface area (Å²) in [4.78, 5) is 23.2. The molecule has 1 heterocycles. The summed E-state index contributed by atoms with van der Waals surface area (Å²) in [5.74, 6) is -0.927.